The molecule has 0 amide bonds. The van der Waals surface area contributed by atoms with Crippen molar-refractivity contribution in [3.63, 3.8) is 0 Å². The second-order valence-electron chi connectivity index (χ2n) is 5.93. The Bertz CT molecular complexity index is 596. The minimum absolute atomic E-state index is 0.385. The van der Waals surface area contributed by atoms with E-state index < -0.39 is 14.6 Å². The Hall–Kier alpha value is -1.27. The van der Waals surface area contributed by atoms with Gasteiger partial charge in [-0.1, -0.05) is 12.1 Å². The van der Waals surface area contributed by atoms with E-state index in [2.05, 4.69) is 5.32 Å². The van der Waals surface area contributed by atoms with Gasteiger partial charge in [-0.05, 0) is 19.9 Å². The highest BCUT2D eigenvalue weighted by Crippen LogP contribution is 2.33. The van der Waals surface area contributed by atoms with Crippen LogP contribution in [-0.2, 0) is 16.4 Å². The number of hydrogen-bond acceptors (Lipinski definition) is 5. The van der Waals surface area contributed by atoms with Crippen molar-refractivity contribution in [3.05, 3.63) is 23.8 Å². The van der Waals surface area contributed by atoms with Crippen LogP contribution < -0.4 is 14.8 Å². The maximum absolute atomic E-state index is 11.7. The SMILES string of the molecule is CC(C)(CNCc1cccc2c1OCCCO2)S(C)(=O)=O. The summed E-state index contributed by atoms with van der Waals surface area (Å²) in [4.78, 5) is 0. The number of rotatable bonds is 5. The second-order valence-corrected chi connectivity index (χ2v) is 8.58. The average molecular weight is 313 g/mol. The lowest BCUT2D eigenvalue weighted by Gasteiger charge is -2.23. The number of hydrogen-bond donors (Lipinski definition) is 1. The van der Waals surface area contributed by atoms with E-state index in [9.17, 15) is 8.42 Å². The number of ether oxygens (including phenoxy) is 2. The Morgan fingerprint density at radius 1 is 1.24 bits per heavy atom. The maximum Gasteiger partial charge on any atom is 0.165 e. The van der Waals surface area contributed by atoms with E-state index in [0.717, 1.165) is 23.5 Å². The molecule has 6 heteroatoms. The summed E-state index contributed by atoms with van der Waals surface area (Å²) in [5, 5.41) is 3.20. The van der Waals surface area contributed by atoms with Crippen LogP contribution in [-0.4, -0.2) is 39.2 Å². The van der Waals surface area contributed by atoms with Gasteiger partial charge in [-0.3, -0.25) is 0 Å². The summed E-state index contributed by atoms with van der Waals surface area (Å²) in [6.45, 7) is 5.67. The van der Waals surface area contributed by atoms with Crippen molar-refractivity contribution in [3.8, 4) is 11.5 Å². The molecule has 0 saturated heterocycles. The van der Waals surface area contributed by atoms with Gasteiger partial charge in [-0.15, -0.1) is 0 Å². The van der Waals surface area contributed by atoms with Crippen molar-refractivity contribution < 1.29 is 17.9 Å². The van der Waals surface area contributed by atoms with Crippen molar-refractivity contribution in [1.82, 2.24) is 5.32 Å². The zero-order valence-corrected chi connectivity index (χ0v) is 13.6. The van der Waals surface area contributed by atoms with Crippen LogP contribution in [0.4, 0.5) is 0 Å². The molecule has 0 bridgehead atoms. The van der Waals surface area contributed by atoms with E-state index in [4.69, 9.17) is 9.47 Å². The molecule has 0 aromatic heterocycles. The molecule has 0 unspecified atom stereocenters. The van der Waals surface area contributed by atoms with Gasteiger partial charge in [0, 0.05) is 31.3 Å². The Labute approximate surface area is 126 Å². The molecular formula is C15H23NO4S. The third kappa shape index (κ3) is 3.89. The lowest BCUT2D eigenvalue weighted by Crippen LogP contribution is -2.41. The predicted molar refractivity (Wildman–Crippen MR) is 82.7 cm³/mol. The van der Waals surface area contributed by atoms with Gasteiger partial charge in [0.1, 0.15) is 0 Å². The molecule has 0 fully saturated rings. The van der Waals surface area contributed by atoms with Gasteiger partial charge in [-0.25, -0.2) is 8.42 Å². The van der Waals surface area contributed by atoms with Gasteiger partial charge in [-0.2, -0.15) is 0 Å². The first kappa shape index (κ1) is 16.1. The van der Waals surface area contributed by atoms with Crippen LogP contribution in [0.15, 0.2) is 18.2 Å². The van der Waals surface area contributed by atoms with E-state index in [0.29, 0.717) is 26.3 Å². The van der Waals surface area contributed by atoms with E-state index in [-0.39, 0.29) is 0 Å². The molecule has 1 aliphatic rings. The van der Waals surface area contributed by atoms with E-state index in [1.54, 1.807) is 13.8 Å². The summed E-state index contributed by atoms with van der Waals surface area (Å²) in [7, 11) is -3.10. The molecule has 0 saturated carbocycles. The third-order valence-corrected chi connectivity index (χ3v) is 5.87. The third-order valence-electron chi connectivity index (χ3n) is 3.72. The highest BCUT2D eigenvalue weighted by molar-refractivity contribution is 7.92. The van der Waals surface area contributed by atoms with E-state index in [1.807, 2.05) is 18.2 Å². The summed E-state index contributed by atoms with van der Waals surface area (Å²) < 4.78 is 34.0. The fourth-order valence-corrected chi connectivity index (χ4v) is 2.39. The molecule has 0 spiro atoms. The number of para-hydroxylation sites is 1. The molecule has 0 radical (unpaired) electrons. The van der Waals surface area contributed by atoms with Crippen molar-refractivity contribution in [1.29, 1.82) is 0 Å². The van der Waals surface area contributed by atoms with E-state index >= 15 is 0 Å². The van der Waals surface area contributed by atoms with Gasteiger partial charge in [0.2, 0.25) is 0 Å². The monoisotopic (exact) mass is 313 g/mol. The highest BCUT2D eigenvalue weighted by atomic mass is 32.2. The highest BCUT2D eigenvalue weighted by Gasteiger charge is 2.29. The van der Waals surface area contributed by atoms with Crippen LogP contribution in [0, 0.1) is 0 Å². The smallest absolute Gasteiger partial charge is 0.165 e. The van der Waals surface area contributed by atoms with Gasteiger partial charge < -0.3 is 14.8 Å². The lowest BCUT2D eigenvalue weighted by molar-refractivity contribution is 0.296. The minimum atomic E-state index is -3.10. The molecular weight excluding hydrogens is 290 g/mol. The van der Waals surface area contributed by atoms with E-state index in [1.165, 1.54) is 6.26 Å². The summed E-state index contributed by atoms with van der Waals surface area (Å²) in [5.74, 6) is 1.52. The maximum atomic E-state index is 11.7. The standard InChI is InChI=1S/C15H23NO4S/c1-15(2,21(3,17)18)11-16-10-12-6-4-7-13-14(12)20-9-5-8-19-13/h4,6-7,16H,5,8-11H2,1-3H3. The molecule has 1 aliphatic heterocycles. The van der Waals surface area contributed by atoms with Crippen molar-refractivity contribution >= 4 is 9.84 Å². The Morgan fingerprint density at radius 2 is 1.95 bits per heavy atom. The molecule has 5 nitrogen and oxygen atoms in total. The van der Waals surface area contributed by atoms with Crippen LogP contribution in [0.25, 0.3) is 0 Å². The number of nitrogens with one attached hydrogen (secondary N) is 1. The first-order valence-electron chi connectivity index (χ1n) is 7.09. The summed E-state index contributed by atoms with van der Waals surface area (Å²) >= 11 is 0. The summed E-state index contributed by atoms with van der Waals surface area (Å²) in [6.07, 6.45) is 2.13. The fourth-order valence-electron chi connectivity index (χ4n) is 2.02. The average Bonchev–Trinajstić information content (AvgIpc) is 2.63. The van der Waals surface area contributed by atoms with Crippen molar-refractivity contribution in [2.45, 2.75) is 31.6 Å². The molecule has 118 valence electrons. The lowest BCUT2D eigenvalue weighted by atomic mass is 10.1. The largest absolute Gasteiger partial charge is 0.490 e. The van der Waals surface area contributed by atoms with Crippen LogP contribution in [0.3, 0.4) is 0 Å². The zero-order valence-electron chi connectivity index (χ0n) is 12.8. The van der Waals surface area contributed by atoms with Gasteiger partial charge in [0.25, 0.3) is 0 Å². The molecule has 1 heterocycles. The van der Waals surface area contributed by atoms with Gasteiger partial charge in [0.05, 0.1) is 18.0 Å². The number of fused-ring (bicyclic) bond motifs is 1. The second kappa shape index (κ2) is 6.23. The quantitative estimate of drug-likeness (QED) is 0.897. The van der Waals surface area contributed by atoms with Crippen molar-refractivity contribution in [2.24, 2.45) is 0 Å². The first-order valence-corrected chi connectivity index (χ1v) is 8.98. The Balaban J connectivity index is 2.05. The molecule has 2 rings (SSSR count). The van der Waals surface area contributed by atoms with Crippen LogP contribution >= 0.6 is 0 Å². The molecule has 0 aliphatic carbocycles. The fraction of sp³-hybridized carbons (Fsp3) is 0.600. The normalized spacial score (nSPS) is 15.6. The first-order chi connectivity index (χ1) is 9.81. The molecule has 1 aromatic rings. The molecule has 0 atom stereocenters. The Morgan fingerprint density at radius 3 is 2.67 bits per heavy atom. The zero-order chi connectivity index (χ0) is 15.5. The molecule has 1 N–H and O–H groups in total. The van der Waals surface area contributed by atoms with Crippen LogP contribution in [0.1, 0.15) is 25.8 Å². The van der Waals surface area contributed by atoms with Crippen molar-refractivity contribution in [2.75, 3.05) is 26.0 Å². The van der Waals surface area contributed by atoms with Crippen LogP contribution in [0.2, 0.25) is 0 Å². The molecule has 21 heavy (non-hydrogen) atoms. The topological polar surface area (TPSA) is 64.6 Å². The predicted octanol–water partition coefficient (Wildman–Crippen LogP) is 1.76. The Kier molecular flexibility index (Phi) is 4.78. The van der Waals surface area contributed by atoms with Gasteiger partial charge in [0.15, 0.2) is 21.3 Å². The number of benzene rings is 1. The molecule has 1 aromatic carbocycles. The number of sulfone groups is 1. The van der Waals surface area contributed by atoms with Crippen LogP contribution in [0.5, 0.6) is 11.5 Å². The summed E-state index contributed by atoms with van der Waals surface area (Å²) in [5.41, 5.74) is 0.985. The van der Waals surface area contributed by atoms with Gasteiger partial charge >= 0.3 is 0 Å². The minimum Gasteiger partial charge on any atom is -0.490 e. The summed E-state index contributed by atoms with van der Waals surface area (Å²) in [6, 6.07) is 5.78.